The number of aliphatic hydroxyl groups is 2. The summed E-state index contributed by atoms with van der Waals surface area (Å²) in [5.41, 5.74) is 3.14. The van der Waals surface area contributed by atoms with E-state index < -0.39 is 36.4 Å². The molecule has 1 aromatic rings. The summed E-state index contributed by atoms with van der Waals surface area (Å²) < 4.78 is 20.7. The summed E-state index contributed by atoms with van der Waals surface area (Å²) in [6, 6.07) is 1.33. The molecule has 0 amide bonds. The summed E-state index contributed by atoms with van der Waals surface area (Å²) in [7, 11) is 0. The first kappa shape index (κ1) is 14.9. The number of hydrogen-bond donors (Lipinski definition) is 3. The standard InChI is InChI=1S/C12H18FN3O4/c1-6(2)12(5-17)9(18)8(13)10(20-12)16-4-3-7(14)15-11(16)19/h3-4,6,8-10,17-18H,5H2,1-2H3,(H2,14,15,19)/t8-,9?,10-,12+/m1/s1. The first-order valence-electron chi connectivity index (χ1n) is 6.29. The van der Waals surface area contributed by atoms with Crippen molar-refractivity contribution < 1.29 is 19.3 Å². The molecule has 2 rings (SSSR count). The van der Waals surface area contributed by atoms with Gasteiger partial charge in [0.05, 0.1) is 6.61 Å². The zero-order valence-corrected chi connectivity index (χ0v) is 11.2. The monoisotopic (exact) mass is 287 g/mol. The largest absolute Gasteiger partial charge is 0.393 e. The Balaban J connectivity index is 2.42. The smallest absolute Gasteiger partial charge is 0.351 e. The summed E-state index contributed by atoms with van der Waals surface area (Å²) in [5.74, 6) is -0.333. The predicted octanol–water partition coefficient (Wildman–Crippen LogP) is -0.560. The number of aromatic nitrogens is 2. The number of hydrogen-bond acceptors (Lipinski definition) is 6. The van der Waals surface area contributed by atoms with Crippen LogP contribution in [0.3, 0.4) is 0 Å². The third-order valence-electron chi connectivity index (χ3n) is 3.76. The average Bonchev–Trinajstić information content (AvgIpc) is 2.64. The number of rotatable bonds is 3. The molecule has 1 aromatic heterocycles. The number of anilines is 1. The minimum Gasteiger partial charge on any atom is -0.393 e. The molecule has 0 radical (unpaired) electrons. The van der Waals surface area contributed by atoms with Crippen molar-refractivity contribution in [2.24, 2.45) is 5.92 Å². The van der Waals surface area contributed by atoms with Crippen LogP contribution in [-0.4, -0.2) is 44.2 Å². The van der Waals surface area contributed by atoms with Gasteiger partial charge in [-0.1, -0.05) is 13.8 Å². The van der Waals surface area contributed by atoms with Crippen LogP contribution in [0, 0.1) is 5.92 Å². The fourth-order valence-corrected chi connectivity index (χ4v) is 2.41. The van der Waals surface area contributed by atoms with E-state index in [-0.39, 0.29) is 11.7 Å². The van der Waals surface area contributed by atoms with Gasteiger partial charge in [0, 0.05) is 6.20 Å². The topological polar surface area (TPSA) is 111 Å². The lowest BCUT2D eigenvalue weighted by Crippen LogP contribution is -2.49. The van der Waals surface area contributed by atoms with Crippen LogP contribution in [0.25, 0.3) is 0 Å². The number of nitrogens with zero attached hydrogens (tertiary/aromatic N) is 2. The van der Waals surface area contributed by atoms with E-state index in [0.29, 0.717) is 0 Å². The zero-order chi connectivity index (χ0) is 15.1. The molecular weight excluding hydrogens is 269 g/mol. The summed E-state index contributed by atoms with van der Waals surface area (Å²) >= 11 is 0. The van der Waals surface area contributed by atoms with Crippen molar-refractivity contribution in [3.8, 4) is 0 Å². The molecule has 8 heteroatoms. The summed E-state index contributed by atoms with van der Waals surface area (Å²) in [4.78, 5) is 15.2. The van der Waals surface area contributed by atoms with E-state index in [9.17, 15) is 19.4 Å². The van der Waals surface area contributed by atoms with Crippen molar-refractivity contribution in [2.75, 3.05) is 12.3 Å². The number of halogens is 1. The van der Waals surface area contributed by atoms with Crippen molar-refractivity contribution in [1.82, 2.24) is 9.55 Å². The van der Waals surface area contributed by atoms with Gasteiger partial charge in [-0.15, -0.1) is 0 Å². The van der Waals surface area contributed by atoms with Gasteiger partial charge in [-0.2, -0.15) is 4.98 Å². The fraction of sp³-hybridized carbons (Fsp3) is 0.667. The lowest BCUT2D eigenvalue weighted by molar-refractivity contribution is -0.153. The highest BCUT2D eigenvalue weighted by Gasteiger charge is 2.57. The molecule has 1 aliphatic heterocycles. The quantitative estimate of drug-likeness (QED) is 0.687. The van der Waals surface area contributed by atoms with Crippen LogP contribution in [-0.2, 0) is 4.74 Å². The Kier molecular flexibility index (Phi) is 3.81. The fourth-order valence-electron chi connectivity index (χ4n) is 2.41. The minimum absolute atomic E-state index is 0.0116. The van der Waals surface area contributed by atoms with E-state index in [0.717, 1.165) is 4.57 Å². The van der Waals surface area contributed by atoms with Crippen LogP contribution < -0.4 is 11.4 Å². The second kappa shape index (κ2) is 5.12. The molecule has 0 aromatic carbocycles. The van der Waals surface area contributed by atoms with E-state index in [4.69, 9.17) is 10.5 Å². The molecule has 0 spiro atoms. The van der Waals surface area contributed by atoms with Crippen LogP contribution >= 0.6 is 0 Å². The van der Waals surface area contributed by atoms with Gasteiger partial charge in [0.15, 0.2) is 12.4 Å². The predicted molar refractivity (Wildman–Crippen MR) is 68.6 cm³/mol. The molecule has 1 unspecified atom stereocenters. The van der Waals surface area contributed by atoms with E-state index >= 15 is 0 Å². The SMILES string of the molecule is CC(C)[C@]1(CO)O[C@@H](n2ccc(N)nc2=O)[C@H](F)C1O. The van der Waals surface area contributed by atoms with Gasteiger partial charge in [0.2, 0.25) is 0 Å². The highest BCUT2D eigenvalue weighted by molar-refractivity contribution is 5.23. The molecule has 1 saturated heterocycles. The Morgan fingerprint density at radius 1 is 1.65 bits per heavy atom. The van der Waals surface area contributed by atoms with Crippen LogP contribution in [0.15, 0.2) is 17.1 Å². The van der Waals surface area contributed by atoms with Gasteiger partial charge in [-0.3, -0.25) is 4.57 Å². The molecule has 4 N–H and O–H groups in total. The second-order valence-corrected chi connectivity index (χ2v) is 5.21. The van der Waals surface area contributed by atoms with E-state index in [1.165, 1.54) is 12.3 Å². The van der Waals surface area contributed by atoms with Gasteiger partial charge in [0.25, 0.3) is 0 Å². The number of nitrogen functional groups attached to an aromatic ring is 1. The van der Waals surface area contributed by atoms with Crippen LogP contribution in [0.1, 0.15) is 20.1 Å². The van der Waals surface area contributed by atoms with Crippen molar-refractivity contribution in [3.63, 3.8) is 0 Å². The molecule has 2 heterocycles. The van der Waals surface area contributed by atoms with Crippen molar-refractivity contribution in [3.05, 3.63) is 22.7 Å². The Labute approximate surface area is 114 Å². The first-order chi connectivity index (χ1) is 9.33. The Morgan fingerprint density at radius 2 is 2.30 bits per heavy atom. The zero-order valence-electron chi connectivity index (χ0n) is 11.2. The molecule has 1 aliphatic rings. The van der Waals surface area contributed by atoms with Crippen molar-refractivity contribution in [2.45, 2.75) is 38.0 Å². The maximum Gasteiger partial charge on any atom is 0.351 e. The molecule has 0 aliphatic carbocycles. The maximum absolute atomic E-state index is 14.3. The molecular formula is C12H18FN3O4. The van der Waals surface area contributed by atoms with E-state index in [1.807, 2.05) is 0 Å². The summed E-state index contributed by atoms with van der Waals surface area (Å²) in [6.07, 6.45) is -3.49. The van der Waals surface area contributed by atoms with Crippen LogP contribution in [0.2, 0.25) is 0 Å². The number of aliphatic hydroxyl groups excluding tert-OH is 2. The van der Waals surface area contributed by atoms with Crippen LogP contribution in [0.4, 0.5) is 10.2 Å². The lowest BCUT2D eigenvalue weighted by atomic mass is 9.85. The van der Waals surface area contributed by atoms with E-state index in [1.54, 1.807) is 13.8 Å². The molecule has 7 nitrogen and oxygen atoms in total. The van der Waals surface area contributed by atoms with Crippen molar-refractivity contribution in [1.29, 1.82) is 0 Å². The van der Waals surface area contributed by atoms with Crippen LogP contribution in [0.5, 0.6) is 0 Å². The Morgan fingerprint density at radius 3 is 2.75 bits per heavy atom. The summed E-state index contributed by atoms with van der Waals surface area (Å²) in [6.45, 7) is 2.83. The summed E-state index contributed by atoms with van der Waals surface area (Å²) in [5, 5.41) is 19.5. The molecule has 0 saturated carbocycles. The highest BCUT2D eigenvalue weighted by Crippen LogP contribution is 2.42. The normalized spacial score (nSPS) is 33.8. The number of alkyl halides is 1. The average molecular weight is 287 g/mol. The first-order valence-corrected chi connectivity index (χ1v) is 6.29. The lowest BCUT2D eigenvalue weighted by Gasteiger charge is -2.33. The third-order valence-corrected chi connectivity index (χ3v) is 3.76. The second-order valence-electron chi connectivity index (χ2n) is 5.21. The Hall–Kier alpha value is -1.51. The molecule has 0 bridgehead atoms. The van der Waals surface area contributed by atoms with Gasteiger partial charge >= 0.3 is 5.69 Å². The van der Waals surface area contributed by atoms with Gasteiger partial charge < -0.3 is 20.7 Å². The van der Waals surface area contributed by atoms with Gasteiger partial charge in [-0.25, -0.2) is 9.18 Å². The molecule has 20 heavy (non-hydrogen) atoms. The third kappa shape index (κ3) is 2.09. The molecule has 112 valence electrons. The van der Waals surface area contributed by atoms with E-state index in [2.05, 4.69) is 4.98 Å². The number of nitrogens with two attached hydrogens (primary N) is 1. The Bertz CT molecular complexity index is 550. The minimum atomic E-state index is -1.85. The number of ether oxygens (including phenoxy) is 1. The molecule has 1 fully saturated rings. The van der Waals surface area contributed by atoms with Gasteiger partial charge in [0.1, 0.15) is 17.5 Å². The molecule has 4 atom stereocenters. The van der Waals surface area contributed by atoms with Crippen molar-refractivity contribution >= 4 is 5.82 Å². The highest BCUT2D eigenvalue weighted by atomic mass is 19.1. The maximum atomic E-state index is 14.3. The van der Waals surface area contributed by atoms with Gasteiger partial charge in [-0.05, 0) is 12.0 Å².